The number of aromatic nitrogens is 2. The van der Waals surface area contributed by atoms with Crippen LogP contribution in [0.15, 0.2) is 30.6 Å². The largest absolute Gasteiger partial charge is 0.481 e. The summed E-state index contributed by atoms with van der Waals surface area (Å²) in [5.41, 5.74) is 1.92. The summed E-state index contributed by atoms with van der Waals surface area (Å²) in [5.74, 6) is -1.25. The van der Waals surface area contributed by atoms with E-state index in [0.717, 1.165) is 17.5 Å². The van der Waals surface area contributed by atoms with Crippen molar-refractivity contribution in [1.82, 2.24) is 14.5 Å². The Balaban J connectivity index is 1.66. The fourth-order valence-corrected chi connectivity index (χ4v) is 3.37. The predicted molar refractivity (Wildman–Crippen MR) is 85.9 cm³/mol. The van der Waals surface area contributed by atoms with Gasteiger partial charge in [0.05, 0.1) is 23.3 Å². The molecule has 2 aromatic rings. The molecule has 6 heteroatoms. The Labute approximate surface area is 134 Å². The van der Waals surface area contributed by atoms with E-state index in [4.69, 9.17) is 0 Å². The lowest BCUT2D eigenvalue weighted by Crippen LogP contribution is -2.49. The van der Waals surface area contributed by atoms with Gasteiger partial charge >= 0.3 is 5.97 Å². The summed E-state index contributed by atoms with van der Waals surface area (Å²) in [6, 6.07) is 7.57. The Hall–Kier alpha value is -2.37. The summed E-state index contributed by atoms with van der Waals surface area (Å²) in [4.78, 5) is 29.8. The van der Waals surface area contributed by atoms with E-state index in [1.54, 1.807) is 11.2 Å². The second-order valence-electron chi connectivity index (χ2n) is 6.09. The maximum atomic E-state index is 12.5. The number of imidazole rings is 1. The van der Waals surface area contributed by atoms with Gasteiger partial charge < -0.3 is 14.6 Å². The van der Waals surface area contributed by atoms with Crippen LogP contribution in [0.1, 0.15) is 26.2 Å². The third kappa shape index (κ3) is 3.06. The van der Waals surface area contributed by atoms with Crippen molar-refractivity contribution in [2.45, 2.75) is 38.8 Å². The van der Waals surface area contributed by atoms with Gasteiger partial charge in [-0.15, -0.1) is 0 Å². The number of carboxylic acid groups (broad SMARTS) is 1. The van der Waals surface area contributed by atoms with Crippen molar-refractivity contribution in [3.05, 3.63) is 30.6 Å². The van der Waals surface area contributed by atoms with E-state index in [1.807, 2.05) is 35.8 Å². The lowest BCUT2D eigenvalue weighted by Gasteiger charge is -2.37. The quantitative estimate of drug-likeness (QED) is 0.938. The van der Waals surface area contributed by atoms with Gasteiger partial charge in [-0.25, -0.2) is 4.98 Å². The Morgan fingerprint density at radius 1 is 1.35 bits per heavy atom. The first-order valence-corrected chi connectivity index (χ1v) is 8.00. The summed E-state index contributed by atoms with van der Waals surface area (Å²) in [5, 5.41) is 9.26. The molecule has 0 aliphatic carbocycles. The molecule has 1 fully saturated rings. The van der Waals surface area contributed by atoms with Gasteiger partial charge in [-0.2, -0.15) is 0 Å². The third-order valence-electron chi connectivity index (χ3n) is 4.72. The summed E-state index contributed by atoms with van der Waals surface area (Å²) in [7, 11) is 0. The smallest absolute Gasteiger partial charge is 0.308 e. The molecule has 0 spiro atoms. The molecule has 2 heterocycles. The number of carbonyl (C=O) groups is 2. The molecule has 122 valence electrons. The molecule has 6 nitrogen and oxygen atoms in total. The SMILES string of the molecule is C[C@@H]1[C@H](C(=O)O)CCCN1C(=O)CCn1cnc2ccccc21. The van der Waals surface area contributed by atoms with Gasteiger partial charge in [-0.1, -0.05) is 12.1 Å². The van der Waals surface area contributed by atoms with E-state index in [-0.39, 0.29) is 11.9 Å². The highest BCUT2D eigenvalue weighted by Gasteiger charge is 2.34. The minimum Gasteiger partial charge on any atom is -0.481 e. The van der Waals surface area contributed by atoms with Crippen LogP contribution in [0.2, 0.25) is 0 Å². The molecule has 0 saturated carbocycles. The fourth-order valence-electron chi connectivity index (χ4n) is 3.37. The maximum Gasteiger partial charge on any atom is 0.308 e. The Bertz CT molecular complexity index is 725. The molecular formula is C17H21N3O3. The van der Waals surface area contributed by atoms with E-state index in [9.17, 15) is 14.7 Å². The number of likely N-dealkylation sites (tertiary alicyclic amines) is 1. The van der Waals surface area contributed by atoms with Crippen molar-refractivity contribution in [3.63, 3.8) is 0 Å². The first kappa shape index (κ1) is 15.5. The molecule has 0 unspecified atom stereocenters. The van der Waals surface area contributed by atoms with Gasteiger partial charge in [0.15, 0.2) is 0 Å². The number of carboxylic acids is 1. The predicted octanol–water partition coefficient (Wildman–Crippen LogP) is 2.14. The molecule has 1 saturated heterocycles. The Morgan fingerprint density at radius 3 is 2.91 bits per heavy atom. The number of hydrogen-bond acceptors (Lipinski definition) is 3. The molecular weight excluding hydrogens is 294 g/mol. The van der Waals surface area contributed by atoms with E-state index in [0.29, 0.717) is 25.9 Å². The molecule has 3 rings (SSSR count). The van der Waals surface area contributed by atoms with Crippen molar-refractivity contribution in [3.8, 4) is 0 Å². The van der Waals surface area contributed by atoms with Gasteiger partial charge in [0.1, 0.15) is 0 Å². The summed E-state index contributed by atoms with van der Waals surface area (Å²) in [6.07, 6.45) is 3.50. The molecule has 1 aliphatic rings. The number of amides is 1. The standard InChI is InChI=1S/C17H21N3O3/c1-12-13(17(22)23)5-4-9-20(12)16(21)8-10-19-11-18-14-6-2-3-7-15(14)19/h2-3,6-7,11-13H,4-5,8-10H2,1H3,(H,22,23)/t12-,13-/m1/s1. The molecule has 1 aromatic carbocycles. The Morgan fingerprint density at radius 2 is 2.13 bits per heavy atom. The zero-order chi connectivity index (χ0) is 16.4. The van der Waals surface area contributed by atoms with Gasteiger partial charge in [-0.05, 0) is 31.9 Å². The monoisotopic (exact) mass is 315 g/mol. The van der Waals surface area contributed by atoms with Crippen molar-refractivity contribution in [2.75, 3.05) is 6.54 Å². The van der Waals surface area contributed by atoms with Crippen LogP contribution in [-0.4, -0.2) is 44.0 Å². The van der Waals surface area contributed by atoms with Crippen molar-refractivity contribution < 1.29 is 14.7 Å². The topological polar surface area (TPSA) is 75.4 Å². The van der Waals surface area contributed by atoms with Crippen LogP contribution in [0.5, 0.6) is 0 Å². The number of benzene rings is 1. The molecule has 1 aliphatic heterocycles. The number of aryl methyl sites for hydroxylation is 1. The normalized spacial score (nSPS) is 21.5. The van der Waals surface area contributed by atoms with E-state index >= 15 is 0 Å². The minimum absolute atomic E-state index is 0.0150. The van der Waals surface area contributed by atoms with Crippen molar-refractivity contribution in [1.29, 1.82) is 0 Å². The molecule has 0 radical (unpaired) electrons. The summed E-state index contributed by atoms with van der Waals surface area (Å²) >= 11 is 0. The zero-order valence-electron chi connectivity index (χ0n) is 13.2. The van der Waals surface area contributed by atoms with E-state index in [1.165, 1.54) is 0 Å². The molecule has 0 bridgehead atoms. The highest BCUT2D eigenvalue weighted by atomic mass is 16.4. The van der Waals surface area contributed by atoms with Crippen LogP contribution in [-0.2, 0) is 16.1 Å². The number of piperidine rings is 1. The first-order chi connectivity index (χ1) is 11.1. The van der Waals surface area contributed by atoms with Gasteiger partial charge in [0, 0.05) is 25.6 Å². The third-order valence-corrected chi connectivity index (χ3v) is 4.72. The zero-order valence-corrected chi connectivity index (χ0v) is 13.2. The average molecular weight is 315 g/mol. The number of carbonyl (C=O) groups excluding carboxylic acids is 1. The van der Waals surface area contributed by atoms with Crippen LogP contribution in [0.25, 0.3) is 11.0 Å². The highest BCUT2D eigenvalue weighted by Crippen LogP contribution is 2.24. The van der Waals surface area contributed by atoms with Crippen LogP contribution in [0.3, 0.4) is 0 Å². The second kappa shape index (κ2) is 6.40. The fraction of sp³-hybridized carbons (Fsp3) is 0.471. The van der Waals surface area contributed by atoms with Crippen LogP contribution in [0.4, 0.5) is 0 Å². The van der Waals surface area contributed by atoms with Crippen LogP contribution >= 0.6 is 0 Å². The number of fused-ring (bicyclic) bond motifs is 1. The second-order valence-corrected chi connectivity index (χ2v) is 6.09. The van der Waals surface area contributed by atoms with Crippen LogP contribution < -0.4 is 0 Å². The lowest BCUT2D eigenvalue weighted by molar-refractivity contribution is -0.149. The van der Waals surface area contributed by atoms with Crippen molar-refractivity contribution in [2.24, 2.45) is 5.92 Å². The number of rotatable bonds is 4. The van der Waals surface area contributed by atoms with Gasteiger partial charge in [0.25, 0.3) is 0 Å². The molecule has 1 aromatic heterocycles. The molecule has 1 amide bonds. The molecule has 2 atom stereocenters. The lowest BCUT2D eigenvalue weighted by atomic mass is 9.90. The highest BCUT2D eigenvalue weighted by molar-refractivity contribution is 5.79. The Kier molecular flexibility index (Phi) is 4.32. The number of hydrogen-bond donors (Lipinski definition) is 1. The van der Waals surface area contributed by atoms with Crippen molar-refractivity contribution >= 4 is 22.9 Å². The maximum absolute atomic E-state index is 12.5. The average Bonchev–Trinajstić information content (AvgIpc) is 2.96. The van der Waals surface area contributed by atoms with E-state index in [2.05, 4.69) is 4.98 Å². The summed E-state index contributed by atoms with van der Waals surface area (Å²) < 4.78 is 1.97. The number of para-hydroxylation sites is 2. The molecule has 1 N–H and O–H groups in total. The van der Waals surface area contributed by atoms with Crippen LogP contribution in [0, 0.1) is 5.92 Å². The number of aliphatic carboxylic acids is 1. The minimum atomic E-state index is -0.810. The van der Waals surface area contributed by atoms with Gasteiger partial charge in [-0.3, -0.25) is 9.59 Å². The van der Waals surface area contributed by atoms with Gasteiger partial charge in [0.2, 0.25) is 5.91 Å². The summed E-state index contributed by atoms with van der Waals surface area (Å²) in [6.45, 7) is 3.04. The number of nitrogens with zero attached hydrogens (tertiary/aromatic N) is 3. The first-order valence-electron chi connectivity index (χ1n) is 8.00. The molecule has 23 heavy (non-hydrogen) atoms. The van der Waals surface area contributed by atoms with E-state index < -0.39 is 11.9 Å².